The zero-order valence-electron chi connectivity index (χ0n) is 14.2. The van der Waals surface area contributed by atoms with Gasteiger partial charge in [-0.3, -0.25) is 9.59 Å². The van der Waals surface area contributed by atoms with Crippen molar-refractivity contribution in [1.82, 2.24) is 0 Å². The first-order valence-corrected chi connectivity index (χ1v) is 8.07. The third kappa shape index (κ3) is 3.59. The van der Waals surface area contributed by atoms with E-state index in [-0.39, 0.29) is 11.1 Å². The first-order valence-electron chi connectivity index (χ1n) is 8.07. The fraction of sp³-hybridized carbons (Fsp3) is 0.0476. The lowest BCUT2D eigenvalue weighted by Gasteiger charge is -2.16. The van der Waals surface area contributed by atoms with Crippen LogP contribution < -0.4 is 0 Å². The second-order valence-electron chi connectivity index (χ2n) is 5.96. The summed E-state index contributed by atoms with van der Waals surface area (Å²) in [6.07, 6.45) is -2.13. The summed E-state index contributed by atoms with van der Waals surface area (Å²) in [7, 11) is 0. The number of hydrogen-bond donors (Lipinski definition) is 2. The number of allylic oxidation sites excluding steroid dienone is 3. The minimum Gasteiger partial charge on any atom is -0.504 e. The summed E-state index contributed by atoms with van der Waals surface area (Å²) in [5, 5.41) is 20.3. The van der Waals surface area contributed by atoms with E-state index >= 15 is 0 Å². The van der Waals surface area contributed by atoms with E-state index in [1.165, 1.54) is 30.3 Å². The highest BCUT2D eigenvalue weighted by atomic mass is 19.4. The molecular formula is C21H13F3O4. The quantitative estimate of drug-likeness (QED) is 0.753. The summed E-state index contributed by atoms with van der Waals surface area (Å²) in [5.41, 5.74) is -0.998. The van der Waals surface area contributed by atoms with Crippen molar-refractivity contribution < 1.29 is 33.0 Å². The Morgan fingerprint density at radius 2 is 1.36 bits per heavy atom. The molecule has 3 rings (SSSR count). The van der Waals surface area contributed by atoms with Crippen LogP contribution in [0.25, 0.3) is 11.6 Å². The molecule has 0 saturated heterocycles. The van der Waals surface area contributed by atoms with Crippen molar-refractivity contribution in [3.8, 4) is 0 Å². The average molecular weight is 386 g/mol. The molecule has 0 saturated carbocycles. The summed E-state index contributed by atoms with van der Waals surface area (Å²) in [6, 6.07) is 12.0. The van der Waals surface area contributed by atoms with Gasteiger partial charge in [-0.05, 0) is 29.3 Å². The molecule has 1 aliphatic carbocycles. The van der Waals surface area contributed by atoms with Crippen LogP contribution >= 0.6 is 0 Å². The smallest absolute Gasteiger partial charge is 0.416 e. The molecule has 1 aliphatic rings. The molecule has 0 radical (unpaired) electrons. The zero-order chi connectivity index (χ0) is 20.5. The Balaban J connectivity index is 1.91. The molecule has 0 atom stereocenters. The van der Waals surface area contributed by atoms with Crippen LogP contribution in [0.15, 0.2) is 77.8 Å². The molecule has 28 heavy (non-hydrogen) atoms. The number of alkyl halides is 3. The third-order valence-electron chi connectivity index (χ3n) is 4.14. The monoisotopic (exact) mass is 386 g/mol. The summed E-state index contributed by atoms with van der Waals surface area (Å²) >= 11 is 0. The van der Waals surface area contributed by atoms with Crippen molar-refractivity contribution in [1.29, 1.82) is 0 Å². The second-order valence-corrected chi connectivity index (χ2v) is 5.96. The fourth-order valence-electron chi connectivity index (χ4n) is 2.69. The van der Waals surface area contributed by atoms with Crippen molar-refractivity contribution in [2.75, 3.05) is 0 Å². The van der Waals surface area contributed by atoms with Crippen LogP contribution in [0.1, 0.15) is 16.7 Å². The molecule has 142 valence electrons. The first-order chi connectivity index (χ1) is 13.2. The van der Waals surface area contributed by atoms with Crippen LogP contribution in [0.4, 0.5) is 13.2 Å². The largest absolute Gasteiger partial charge is 0.504 e. The van der Waals surface area contributed by atoms with Gasteiger partial charge in [-0.25, -0.2) is 0 Å². The number of halogens is 3. The van der Waals surface area contributed by atoms with Gasteiger partial charge in [-0.15, -0.1) is 0 Å². The molecular weight excluding hydrogens is 373 g/mol. The maximum Gasteiger partial charge on any atom is 0.416 e. The standard InChI is InChI=1S/C21H13F3O4/c22-21(23,24)14-9-6-12(7-10-14)8-11-15-17(25)19(27)16(20(28)18(15)26)13-4-2-1-3-5-13/h1-11,25,28H. The molecule has 0 fully saturated rings. The van der Waals surface area contributed by atoms with Crippen molar-refractivity contribution >= 4 is 23.2 Å². The molecule has 2 aromatic carbocycles. The van der Waals surface area contributed by atoms with Gasteiger partial charge >= 0.3 is 6.18 Å². The topological polar surface area (TPSA) is 74.6 Å². The fourth-order valence-corrected chi connectivity index (χ4v) is 2.69. The van der Waals surface area contributed by atoms with Crippen molar-refractivity contribution in [2.24, 2.45) is 0 Å². The van der Waals surface area contributed by atoms with Crippen LogP contribution in [0.3, 0.4) is 0 Å². The number of carbonyl (C=O) groups is 2. The minimum atomic E-state index is -4.47. The molecule has 0 aliphatic heterocycles. The number of carbonyl (C=O) groups excluding carboxylic acids is 2. The van der Waals surface area contributed by atoms with Crippen molar-refractivity contribution in [3.05, 3.63) is 94.5 Å². The van der Waals surface area contributed by atoms with Crippen LogP contribution in [-0.4, -0.2) is 21.8 Å². The van der Waals surface area contributed by atoms with Gasteiger partial charge in [0.15, 0.2) is 11.5 Å². The van der Waals surface area contributed by atoms with Gasteiger partial charge < -0.3 is 10.2 Å². The number of hydrogen-bond acceptors (Lipinski definition) is 4. The third-order valence-corrected chi connectivity index (χ3v) is 4.14. The van der Waals surface area contributed by atoms with Gasteiger partial charge in [0.25, 0.3) is 0 Å². The Morgan fingerprint density at radius 3 is 1.93 bits per heavy atom. The first kappa shape index (κ1) is 19.2. The summed E-state index contributed by atoms with van der Waals surface area (Å²) in [4.78, 5) is 24.8. The number of aliphatic hydroxyl groups excluding tert-OH is 2. The molecule has 0 aromatic heterocycles. The molecule has 0 bridgehead atoms. The molecule has 4 nitrogen and oxygen atoms in total. The highest BCUT2D eigenvalue weighted by Gasteiger charge is 2.34. The molecule has 7 heteroatoms. The van der Waals surface area contributed by atoms with Crippen molar-refractivity contribution in [3.63, 3.8) is 0 Å². The van der Waals surface area contributed by atoms with Gasteiger partial charge in [-0.1, -0.05) is 48.5 Å². The lowest BCUT2D eigenvalue weighted by Crippen LogP contribution is -2.22. The van der Waals surface area contributed by atoms with Gasteiger partial charge in [0.05, 0.1) is 16.7 Å². The Labute approximate surface area is 157 Å². The SMILES string of the molecule is O=C1C(O)=C(c2ccccc2)C(=O)C(O)=C1C=Cc1ccc(C(F)(F)F)cc1. The van der Waals surface area contributed by atoms with Gasteiger partial charge in [0.1, 0.15) is 0 Å². The second kappa shape index (κ2) is 7.19. The normalized spacial score (nSPS) is 15.7. The molecule has 0 amide bonds. The van der Waals surface area contributed by atoms with E-state index in [1.807, 2.05) is 0 Å². The lowest BCUT2D eigenvalue weighted by atomic mass is 9.89. The van der Waals surface area contributed by atoms with E-state index in [1.54, 1.807) is 18.2 Å². The van der Waals surface area contributed by atoms with E-state index in [0.29, 0.717) is 5.56 Å². The van der Waals surface area contributed by atoms with Gasteiger partial charge in [-0.2, -0.15) is 13.2 Å². The van der Waals surface area contributed by atoms with Gasteiger partial charge in [0, 0.05) is 0 Å². The van der Waals surface area contributed by atoms with Crippen LogP contribution in [0, 0.1) is 0 Å². The highest BCUT2D eigenvalue weighted by Crippen LogP contribution is 2.31. The summed E-state index contributed by atoms with van der Waals surface area (Å²) in [5.74, 6) is -3.53. The molecule has 2 N–H and O–H groups in total. The Kier molecular flexibility index (Phi) is 4.92. The van der Waals surface area contributed by atoms with Gasteiger partial charge in [0.2, 0.25) is 11.6 Å². The van der Waals surface area contributed by atoms with Crippen LogP contribution in [-0.2, 0) is 15.8 Å². The number of benzene rings is 2. The zero-order valence-corrected chi connectivity index (χ0v) is 14.2. The molecule has 0 spiro atoms. The Bertz CT molecular complexity index is 1030. The molecule has 0 heterocycles. The minimum absolute atomic E-state index is 0.274. The maximum atomic E-state index is 12.6. The lowest BCUT2D eigenvalue weighted by molar-refractivity contribution is -0.137. The number of aliphatic hydroxyl groups is 2. The molecule has 0 unspecified atom stereocenters. The number of rotatable bonds is 3. The van der Waals surface area contributed by atoms with E-state index in [2.05, 4.69) is 0 Å². The van der Waals surface area contributed by atoms with Crippen LogP contribution in [0.2, 0.25) is 0 Å². The van der Waals surface area contributed by atoms with E-state index in [9.17, 15) is 33.0 Å². The van der Waals surface area contributed by atoms with E-state index in [0.717, 1.165) is 18.2 Å². The van der Waals surface area contributed by atoms with E-state index < -0.39 is 40.4 Å². The predicted molar refractivity (Wildman–Crippen MR) is 96.1 cm³/mol. The number of Topliss-reactive ketones (excluding diaryl/α,β-unsaturated/α-hetero) is 2. The predicted octanol–water partition coefficient (Wildman–Crippen LogP) is 4.65. The maximum absolute atomic E-state index is 12.6. The van der Waals surface area contributed by atoms with E-state index in [4.69, 9.17) is 0 Å². The summed E-state index contributed by atoms with van der Waals surface area (Å²) < 4.78 is 37.8. The Hall–Kier alpha value is -3.61. The average Bonchev–Trinajstić information content (AvgIpc) is 2.67. The Morgan fingerprint density at radius 1 is 0.750 bits per heavy atom. The highest BCUT2D eigenvalue weighted by molar-refractivity contribution is 6.38. The molecule has 2 aromatic rings. The number of ketones is 2. The summed E-state index contributed by atoms with van der Waals surface area (Å²) in [6.45, 7) is 0. The van der Waals surface area contributed by atoms with Crippen LogP contribution in [0.5, 0.6) is 0 Å². The van der Waals surface area contributed by atoms with Crippen molar-refractivity contribution in [2.45, 2.75) is 6.18 Å².